The molecule has 2 aliphatic rings. The van der Waals surface area contributed by atoms with Gasteiger partial charge < -0.3 is 30.3 Å². The van der Waals surface area contributed by atoms with Gasteiger partial charge in [-0.1, -0.05) is 6.07 Å². The van der Waals surface area contributed by atoms with Crippen molar-refractivity contribution in [1.82, 2.24) is 15.0 Å². The number of fused-ring (bicyclic) bond motifs is 6. The third-order valence-electron chi connectivity index (χ3n) is 5.86. The second-order valence-corrected chi connectivity index (χ2v) is 8.26. The number of phenolic OH excluding ortho intramolecular Hbond substituents is 2. The number of hydrogen-bond acceptors (Lipinski definition) is 10. The lowest BCUT2D eigenvalue weighted by atomic mass is 9.77. The monoisotopic (exact) mass is 489 g/mol. The van der Waals surface area contributed by atoms with Crippen molar-refractivity contribution in [3.8, 4) is 23.0 Å². The smallest absolute Gasteiger partial charge is 0.340 e. The third kappa shape index (κ3) is 3.18. The summed E-state index contributed by atoms with van der Waals surface area (Å²) >= 11 is 5.96. The summed E-state index contributed by atoms with van der Waals surface area (Å²) in [5.74, 6) is 0.535. The first-order valence-corrected chi connectivity index (χ1v) is 10.8. The molecule has 0 atom stereocenters. The van der Waals surface area contributed by atoms with Crippen LogP contribution < -0.4 is 15.4 Å². The highest BCUT2D eigenvalue weighted by Crippen LogP contribution is 2.57. The number of aromatic nitrogens is 3. The fraction of sp³-hybridized carbons (Fsp3) is 0.0833. The number of nitrogens with zero attached hydrogens (tertiary/aromatic N) is 3. The Labute approximate surface area is 203 Å². The molecule has 1 aromatic heterocycles. The second-order valence-electron chi connectivity index (χ2n) is 7.92. The SMILES string of the molecule is CNc1nc(Cl)nc(Nc2ccc3c(c2)C(=O)OC32c3ccc(O)cc3Oc3cc(O)ccc32)n1. The van der Waals surface area contributed by atoms with Crippen LogP contribution in [0.25, 0.3) is 0 Å². The first kappa shape index (κ1) is 21.0. The van der Waals surface area contributed by atoms with E-state index in [-0.39, 0.29) is 28.7 Å². The zero-order valence-electron chi connectivity index (χ0n) is 18.0. The van der Waals surface area contributed by atoms with Gasteiger partial charge in [0.05, 0.1) is 5.56 Å². The molecule has 0 saturated carbocycles. The van der Waals surface area contributed by atoms with E-state index in [1.54, 1.807) is 37.4 Å². The molecule has 3 heterocycles. The lowest BCUT2D eigenvalue weighted by molar-refractivity contribution is 0.0224. The molecule has 2 aliphatic heterocycles. The van der Waals surface area contributed by atoms with Crippen molar-refractivity contribution in [2.24, 2.45) is 0 Å². The third-order valence-corrected chi connectivity index (χ3v) is 6.03. The van der Waals surface area contributed by atoms with Crippen LogP contribution in [0, 0.1) is 0 Å². The zero-order chi connectivity index (χ0) is 24.3. The number of rotatable bonds is 3. The Kier molecular flexibility index (Phi) is 4.48. The van der Waals surface area contributed by atoms with E-state index >= 15 is 0 Å². The molecule has 3 aromatic carbocycles. The summed E-state index contributed by atoms with van der Waals surface area (Å²) < 4.78 is 12.0. The summed E-state index contributed by atoms with van der Waals surface area (Å²) in [5.41, 5.74) is 1.20. The van der Waals surface area contributed by atoms with Gasteiger partial charge in [0.2, 0.25) is 17.2 Å². The van der Waals surface area contributed by atoms with Crippen molar-refractivity contribution in [3.63, 3.8) is 0 Å². The van der Waals surface area contributed by atoms with Crippen LogP contribution in [0.2, 0.25) is 5.28 Å². The average Bonchev–Trinajstić information content (AvgIpc) is 3.10. The van der Waals surface area contributed by atoms with Crippen molar-refractivity contribution in [2.45, 2.75) is 5.60 Å². The van der Waals surface area contributed by atoms with E-state index in [0.717, 1.165) is 0 Å². The number of carbonyl (C=O) groups is 1. The first-order chi connectivity index (χ1) is 16.9. The van der Waals surface area contributed by atoms with E-state index in [9.17, 15) is 15.0 Å². The number of hydrogen-bond donors (Lipinski definition) is 4. The Balaban J connectivity index is 1.50. The van der Waals surface area contributed by atoms with Gasteiger partial charge in [0.1, 0.15) is 23.0 Å². The Hall–Kier alpha value is -4.57. The number of carbonyl (C=O) groups excluding carboxylic acids is 1. The molecule has 0 unspecified atom stereocenters. The number of benzene rings is 3. The summed E-state index contributed by atoms with van der Waals surface area (Å²) in [6.07, 6.45) is 0. The number of ether oxygens (including phenoxy) is 2. The summed E-state index contributed by atoms with van der Waals surface area (Å²) in [4.78, 5) is 25.4. The molecule has 0 fully saturated rings. The van der Waals surface area contributed by atoms with Gasteiger partial charge in [-0.15, -0.1) is 0 Å². The maximum absolute atomic E-state index is 13.2. The summed E-state index contributed by atoms with van der Waals surface area (Å²) in [7, 11) is 1.66. The number of phenols is 2. The van der Waals surface area contributed by atoms with Crippen molar-refractivity contribution in [1.29, 1.82) is 0 Å². The topological polar surface area (TPSA) is 139 Å². The lowest BCUT2D eigenvalue weighted by Gasteiger charge is -2.36. The first-order valence-electron chi connectivity index (χ1n) is 10.5. The predicted octanol–water partition coefficient (Wildman–Crippen LogP) is 4.29. The van der Waals surface area contributed by atoms with E-state index in [2.05, 4.69) is 25.6 Å². The predicted molar refractivity (Wildman–Crippen MR) is 126 cm³/mol. The highest BCUT2D eigenvalue weighted by molar-refractivity contribution is 6.28. The average molecular weight is 490 g/mol. The summed E-state index contributed by atoms with van der Waals surface area (Å²) in [5, 5.41) is 25.9. The van der Waals surface area contributed by atoms with Crippen LogP contribution in [0.1, 0.15) is 27.0 Å². The Morgan fingerprint density at radius 3 is 2.14 bits per heavy atom. The van der Waals surface area contributed by atoms with Crippen molar-refractivity contribution >= 4 is 35.2 Å². The van der Waals surface area contributed by atoms with Crippen LogP contribution in [-0.2, 0) is 10.3 Å². The van der Waals surface area contributed by atoms with E-state index < -0.39 is 11.6 Å². The molecular formula is C24H16ClN5O5. The summed E-state index contributed by atoms with van der Waals surface area (Å²) in [6.45, 7) is 0. The van der Waals surface area contributed by atoms with E-state index in [0.29, 0.717) is 39.4 Å². The standard InChI is InChI=1S/C24H16ClN5O5/c1-26-22-28-21(25)29-23(30-22)27-11-2-5-15-14(8-11)20(33)35-24(15)16-6-3-12(31)9-18(16)34-19-10-13(32)4-7-17(19)24/h2-10,31-32H,1H3,(H2,26,27,28,29,30). The van der Waals surface area contributed by atoms with Gasteiger partial charge in [0, 0.05) is 41.6 Å². The Morgan fingerprint density at radius 1 is 0.857 bits per heavy atom. The fourth-order valence-corrected chi connectivity index (χ4v) is 4.59. The van der Waals surface area contributed by atoms with Gasteiger partial charge in [-0.05, 0) is 48.0 Å². The molecular weight excluding hydrogens is 474 g/mol. The number of halogens is 1. The minimum Gasteiger partial charge on any atom is -0.508 e. The lowest BCUT2D eigenvalue weighted by Crippen LogP contribution is -2.32. The maximum Gasteiger partial charge on any atom is 0.340 e. The molecule has 4 N–H and O–H groups in total. The largest absolute Gasteiger partial charge is 0.508 e. The molecule has 35 heavy (non-hydrogen) atoms. The van der Waals surface area contributed by atoms with Crippen LogP contribution in [0.4, 0.5) is 17.6 Å². The zero-order valence-corrected chi connectivity index (χ0v) is 18.8. The molecule has 0 amide bonds. The molecule has 10 nitrogen and oxygen atoms in total. The van der Waals surface area contributed by atoms with Gasteiger partial charge in [-0.2, -0.15) is 15.0 Å². The number of anilines is 3. The molecule has 6 rings (SSSR count). The number of aromatic hydroxyl groups is 2. The van der Waals surface area contributed by atoms with Crippen LogP contribution in [-0.4, -0.2) is 38.2 Å². The Bertz CT molecular complexity index is 1490. The van der Waals surface area contributed by atoms with Crippen LogP contribution in [0.3, 0.4) is 0 Å². The Morgan fingerprint density at radius 2 is 1.49 bits per heavy atom. The number of nitrogens with one attached hydrogen (secondary N) is 2. The van der Waals surface area contributed by atoms with Gasteiger partial charge in [-0.3, -0.25) is 0 Å². The molecule has 1 spiro atoms. The molecule has 174 valence electrons. The van der Waals surface area contributed by atoms with Gasteiger partial charge in [-0.25, -0.2) is 4.79 Å². The van der Waals surface area contributed by atoms with E-state index in [4.69, 9.17) is 21.1 Å². The van der Waals surface area contributed by atoms with Gasteiger partial charge in [0.25, 0.3) is 0 Å². The van der Waals surface area contributed by atoms with Crippen molar-refractivity contribution in [3.05, 3.63) is 82.1 Å². The highest BCUT2D eigenvalue weighted by atomic mass is 35.5. The van der Waals surface area contributed by atoms with Gasteiger partial charge >= 0.3 is 5.97 Å². The summed E-state index contributed by atoms with van der Waals surface area (Å²) in [6, 6.07) is 14.4. The number of esters is 1. The van der Waals surface area contributed by atoms with E-state index in [1.807, 2.05) is 0 Å². The minimum absolute atomic E-state index is 0.00768. The van der Waals surface area contributed by atoms with Crippen LogP contribution >= 0.6 is 11.6 Å². The molecule has 0 saturated heterocycles. The normalized spacial score (nSPS) is 14.4. The van der Waals surface area contributed by atoms with Crippen LogP contribution in [0.5, 0.6) is 23.0 Å². The molecule has 0 radical (unpaired) electrons. The molecule has 11 heteroatoms. The quantitative estimate of drug-likeness (QED) is 0.308. The van der Waals surface area contributed by atoms with Gasteiger partial charge in [0.15, 0.2) is 5.60 Å². The second kappa shape index (κ2) is 7.47. The fourth-order valence-electron chi connectivity index (χ4n) is 4.43. The minimum atomic E-state index is -1.33. The molecule has 4 aromatic rings. The highest BCUT2D eigenvalue weighted by Gasteiger charge is 2.53. The van der Waals surface area contributed by atoms with Crippen molar-refractivity contribution < 1.29 is 24.5 Å². The maximum atomic E-state index is 13.2. The van der Waals surface area contributed by atoms with Crippen LogP contribution in [0.15, 0.2) is 54.6 Å². The van der Waals surface area contributed by atoms with Crippen molar-refractivity contribution in [2.75, 3.05) is 17.7 Å². The molecule has 0 bridgehead atoms. The van der Waals surface area contributed by atoms with E-state index in [1.165, 1.54) is 24.3 Å². The molecule has 0 aliphatic carbocycles.